The molecule has 0 saturated carbocycles. The summed E-state index contributed by atoms with van der Waals surface area (Å²) >= 11 is 5.60. The molecule has 1 fully saturated rings. The van der Waals surface area contributed by atoms with Gasteiger partial charge >= 0.3 is 0 Å². The Morgan fingerprint density at radius 2 is 1.57 bits per heavy atom. The van der Waals surface area contributed by atoms with Crippen LogP contribution < -0.4 is 10.6 Å². The van der Waals surface area contributed by atoms with Crippen LogP contribution in [0.4, 0.5) is 5.69 Å². The summed E-state index contributed by atoms with van der Waals surface area (Å²) in [5.74, 6) is 0.527. The number of rotatable bonds is 6. The Morgan fingerprint density at radius 3 is 2.18 bits per heavy atom. The first-order valence-electron chi connectivity index (χ1n) is 10.1. The van der Waals surface area contributed by atoms with Gasteiger partial charge in [0.1, 0.15) is 0 Å². The largest absolute Gasteiger partial charge is 0.379 e. The average molecular weight is 398 g/mol. The Morgan fingerprint density at radius 1 is 0.929 bits per heavy atom. The molecule has 3 rings (SSSR count). The molecule has 2 aromatic rings. The minimum Gasteiger partial charge on any atom is -0.379 e. The zero-order chi connectivity index (χ0) is 19.9. The van der Waals surface area contributed by atoms with E-state index in [1.54, 1.807) is 0 Å². The SMILES string of the molecule is CC(C)c1ccc(NC(=S)N[C@H](C)[C@H](c2ccccc2)N2CCOCC2)cc1. The van der Waals surface area contributed by atoms with Crippen molar-refractivity contribution < 1.29 is 4.74 Å². The third-order valence-electron chi connectivity index (χ3n) is 5.25. The molecule has 0 unspecified atom stereocenters. The van der Waals surface area contributed by atoms with Crippen molar-refractivity contribution in [1.29, 1.82) is 0 Å². The molecule has 1 heterocycles. The normalized spacial score (nSPS) is 17.1. The fourth-order valence-corrected chi connectivity index (χ4v) is 4.03. The minimum absolute atomic E-state index is 0.162. The summed E-state index contributed by atoms with van der Waals surface area (Å²) in [6.45, 7) is 10.0. The maximum Gasteiger partial charge on any atom is 0.171 e. The molecular formula is C23H31N3OS. The van der Waals surface area contributed by atoms with E-state index in [0.29, 0.717) is 11.0 Å². The fraction of sp³-hybridized carbons (Fsp3) is 0.435. The van der Waals surface area contributed by atoms with Crippen LogP contribution in [0.1, 0.15) is 43.9 Å². The van der Waals surface area contributed by atoms with Crippen molar-refractivity contribution in [1.82, 2.24) is 10.2 Å². The molecule has 150 valence electrons. The summed E-state index contributed by atoms with van der Waals surface area (Å²) in [5.41, 5.74) is 3.64. The van der Waals surface area contributed by atoms with Crippen molar-refractivity contribution >= 4 is 23.0 Å². The van der Waals surface area contributed by atoms with Gasteiger partial charge in [0.05, 0.1) is 19.3 Å². The van der Waals surface area contributed by atoms with Gasteiger partial charge in [0, 0.05) is 24.8 Å². The molecule has 0 aromatic heterocycles. The van der Waals surface area contributed by atoms with Crippen LogP contribution in [-0.2, 0) is 4.74 Å². The van der Waals surface area contributed by atoms with Crippen LogP contribution >= 0.6 is 12.2 Å². The molecule has 0 spiro atoms. The predicted molar refractivity (Wildman–Crippen MR) is 121 cm³/mol. The second kappa shape index (κ2) is 10.0. The van der Waals surface area contributed by atoms with Gasteiger partial charge in [-0.25, -0.2) is 0 Å². The molecule has 2 N–H and O–H groups in total. The number of morpholine rings is 1. The van der Waals surface area contributed by atoms with Crippen molar-refractivity contribution in [2.45, 2.75) is 38.8 Å². The lowest BCUT2D eigenvalue weighted by atomic mass is 9.98. The van der Waals surface area contributed by atoms with Crippen LogP contribution in [-0.4, -0.2) is 42.4 Å². The highest BCUT2D eigenvalue weighted by Gasteiger charge is 2.28. The van der Waals surface area contributed by atoms with E-state index in [-0.39, 0.29) is 12.1 Å². The first kappa shape index (κ1) is 20.8. The standard InChI is InChI=1S/C23H31N3OS/c1-17(2)19-9-11-21(12-10-19)25-23(28)24-18(3)22(20-7-5-4-6-8-20)26-13-15-27-16-14-26/h4-12,17-18,22H,13-16H2,1-3H3,(H2,24,25,28)/t18-,22-/m1/s1. The number of nitrogens with one attached hydrogen (secondary N) is 2. The number of anilines is 1. The molecule has 28 heavy (non-hydrogen) atoms. The van der Waals surface area contributed by atoms with E-state index >= 15 is 0 Å². The minimum atomic E-state index is 0.162. The van der Waals surface area contributed by atoms with E-state index in [9.17, 15) is 0 Å². The van der Waals surface area contributed by atoms with E-state index in [0.717, 1.165) is 32.0 Å². The Hall–Kier alpha value is -1.95. The number of ether oxygens (including phenoxy) is 1. The first-order chi connectivity index (χ1) is 13.5. The van der Waals surface area contributed by atoms with Crippen LogP contribution in [0.3, 0.4) is 0 Å². The van der Waals surface area contributed by atoms with Gasteiger partial charge in [-0.05, 0) is 48.3 Å². The molecule has 0 aliphatic carbocycles. The van der Waals surface area contributed by atoms with Crippen molar-refractivity contribution in [2.75, 3.05) is 31.6 Å². The highest BCUT2D eigenvalue weighted by atomic mass is 32.1. The van der Waals surface area contributed by atoms with Crippen molar-refractivity contribution in [3.8, 4) is 0 Å². The maximum atomic E-state index is 5.60. The monoisotopic (exact) mass is 397 g/mol. The number of hydrogen-bond acceptors (Lipinski definition) is 3. The lowest BCUT2D eigenvalue weighted by Gasteiger charge is -2.38. The highest BCUT2D eigenvalue weighted by Crippen LogP contribution is 2.25. The van der Waals surface area contributed by atoms with Gasteiger partial charge in [-0.2, -0.15) is 0 Å². The van der Waals surface area contributed by atoms with Gasteiger partial charge in [0.15, 0.2) is 5.11 Å². The molecule has 1 saturated heterocycles. The van der Waals surface area contributed by atoms with Crippen LogP contribution in [0.15, 0.2) is 54.6 Å². The zero-order valence-electron chi connectivity index (χ0n) is 17.0. The summed E-state index contributed by atoms with van der Waals surface area (Å²) in [7, 11) is 0. The number of nitrogens with zero attached hydrogens (tertiary/aromatic N) is 1. The van der Waals surface area contributed by atoms with Crippen molar-refractivity contribution in [3.05, 3.63) is 65.7 Å². The lowest BCUT2D eigenvalue weighted by molar-refractivity contribution is 0.0102. The van der Waals surface area contributed by atoms with E-state index in [1.807, 2.05) is 0 Å². The number of thiocarbonyl (C=S) groups is 1. The molecule has 2 atom stereocenters. The molecule has 4 nitrogen and oxygen atoms in total. The predicted octanol–water partition coefficient (Wildman–Crippen LogP) is 4.56. The Bertz CT molecular complexity index is 742. The topological polar surface area (TPSA) is 36.5 Å². The van der Waals surface area contributed by atoms with Crippen molar-refractivity contribution in [2.24, 2.45) is 0 Å². The van der Waals surface area contributed by atoms with Gasteiger partial charge in [-0.1, -0.05) is 56.3 Å². The number of hydrogen-bond donors (Lipinski definition) is 2. The van der Waals surface area contributed by atoms with E-state index in [2.05, 4.69) is 90.9 Å². The fourth-order valence-electron chi connectivity index (χ4n) is 3.73. The van der Waals surface area contributed by atoms with Gasteiger partial charge in [0.2, 0.25) is 0 Å². The highest BCUT2D eigenvalue weighted by molar-refractivity contribution is 7.80. The molecule has 1 aliphatic heterocycles. The molecular weight excluding hydrogens is 366 g/mol. The molecule has 0 radical (unpaired) electrons. The summed E-state index contributed by atoms with van der Waals surface area (Å²) in [6.07, 6.45) is 0. The average Bonchev–Trinajstić information content (AvgIpc) is 2.70. The van der Waals surface area contributed by atoms with Gasteiger partial charge in [-0.3, -0.25) is 4.90 Å². The molecule has 0 amide bonds. The third-order valence-corrected chi connectivity index (χ3v) is 5.47. The van der Waals surface area contributed by atoms with Crippen LogP contribution in [0.25, 0.3) is 0 Å². The summed E-state index contributed by atoms with van der Waals surface area (Å²) < 4.78 is 5.55. The quantitative estimate of drug-likeness (QED) is 0.699. The summed E-state index contributed by atoms with van der Waals surface area (Å²) in [6, 6.07) is 19.5. The van der Waals surface area contributed by atoms with Gasteiger partial charge < -0.3 is 15.4 Å². The summed E-state index contributed by atoms with van der Waals surface area (Å²) in [4.78, 5) is 2.48. The molecule has 5 heteroatoms. The smallest absolute Gasteiger partial charge is 0.171 e. The number of benzene rings is 2. The second-order valence-electron chi connectivity index (χ2n) is 7.67. The van der Waals surface area contributed by atoms with E-state index in [1.165, 1.54) is 11.1 Å². The van der Waals surface area contributed by atoms with E-state index in [4.69, 9.17) is 17.0 Å². The molecule has 1 aliphatic rings. The Labute approximate surface area is 174 Å². The van der Waals surface area contributed by atoms with Crippen LogP contribution in [0.2, 0.25) is 0 Å². The molecule has 0 bridgehead atoms. The van der Waals surface area contributed by atoms with Crippen LogP contribution in [0, 0.1) is 0 Å². The third kappa shape index (κ3) is 5.53. The molecule has 2 aromatic carbocycles. The maximum absolute atomic E-state index is 5.60. The Balaban J connectivity index is 1.66. The first-order valence-corrected chi connectivity index (χ1v) is 10.5. The Kier molecular flexibility index (Phi) is 7.43. The van der Waals surface area contributed by atoms with Crippen LogP contribution in [0.5, 0.6) is 0 Å². The van der Waals surface area contributed by atoms with Gasteiger partial charge in [-0.15, -0.1) is 0 Å². The lowest BCUT2D eigenvalue weighted by Crippen LogP contribution is -2.49. The van der Waals surface area contributed by atoms with Crippen molar-refractivity contribution in [3.63, 3.8) is 0 Å². The zero-order valence-corrected chi connectivity index (χ0v) is 17.8. The second-order valence-corrected chi connectivity index (χ2v) is 8.08. The summed E-state index contributed by atoms with van der Waals surface area (Å²) in [5, 5.41) is 7.48. The van der Waals surface area contributed by atoms with E-state index < -0.39 is 0 Å². The van der Waals surface area contributed by atoms with Gasteiger partial charge in [0.25, 0.3) is 0 Å².